The molecule has 0 aromatic heterocycles. The SMILES string of the molecule is CC.CC.COCc1ccc(Oc2cc(C)c(OC)cc2C)cc1. The van der Waals surface area contributed by atoms with Crippen LogP contribution in [0.1, 0.15) is 44.4 Å². The van der Waals surface area contributed by atoms with Crippen LogP contribution in [0.15, 0.2) is 36.4 Å². The monoisotopic (exact) mass is 332 g/mol. The van der Waals surface area contributed by atoms with Crippen molar-refractivity contribution in [1.82, 2.24) is 0 Å². The molecule has 3 nitrogen and oxygen atoms in total. The summed E-state index contributed by atoms with van der Waals surface area (Å²) in [6.45, 7) is 12.6. The van der Waals surface area contributed by atoms with Gasteiger partial charge in [0.25, 0.3) is 0 Å². The molecule has 3 heteroatoms. The third kappa shape index (κ3) is 6.63. The number of rotatable bonds is 5. The van der Waals surface area contributed by atoms with Crippen LogP contribution < -0.4 is 9.47 Å². The van der Waals surface area contributed by atoms with E-state index in [0.717, 1.165) is 33.9 Å². The van der Waals surface area contributed by atoms with Crippen LogP contribution >= 0.6 is 0 Å². The Morgan fingerprint density at radius 3 is 1.75 bits per heavy atom. The molecule has 0 saturated carbocycles. The fraction of sp³-hybridized carbons (Fsp3) is 0.429. The highest BCUT2D eigenvalue weighted by atomic mass is 16.5. The number of methoxy groups -OCH3 is 2. The van der Waals surface area contributed by atoms with Crippen molar-refractivity contribution < 1.29 is 14.2 Å². The normalized spacial score (nSPS) is 9.17. The van der Waals surface area contributed by atoms with Crippen LogP contribution in [0.4, 0.5) is 0 Å². The summed E-state index contributed by atoms with van der Waals surface area (Å²) in [7, 11) is 3.37. The van der Waals surface area contributed by atoms with E-state index in [2.05, 4.69) is 0 Å². The maximum atomic E-state index is 5.93. The van der Waals surface area contributed by atoms with Gasteiger partial charge in [-0.2, -0.15) is 0 Å². The third-order valence-electron chi connectivity index (χ3n) is 3.15. The molecule has 0 bridgehead atoms. The van der Waals surface area contributed by atoms with Crippen LogP contribution in [0.2, 0.25) is 0 Å². The number of hydrogen-bond donors (Lipinski definition) is 0. The fourth-order valence-corrected chi connectivity index (χ4v) is 2.04. The zero-order valence-electron chi connectivity index (χ0n) is 16.4. The summed E-state index contributed by atoms with van der Waals surface area (Å²) < 4.78 is 16.3. The Hall–Kier alpha value is -2.00. The smallest absolute Gasteiger partial charge is 0.130 e. The summed E-state index contributed by atoms with van der Waals surface area (Å²) in [6, 6.07) is 11.9. The third-order valence-corrected chi connectivity index (χ3v) is 3.15. The van der Waals surface area contributed by atoms with Crippen LogP contribution in [0, 0.1) is 13.8 Å². The van der Waals surface area contributed by atoms with Crippen molar-refractivity contribution >= 4 is 0 Å². The van der Waals surface area contributed by atoms with Crippen molar-refractivity contribution in [3.05, 3.63) is 53.1 Å². The summed E-state index contributed by atoms with van der Waals surface area (Å²) in [4.78, 5) is 0. The van der Waals surface area contributed by atoms with E-state index >= 15 is 0 Å². The lowest BCUT2D eigenvalue weighted by Crippen LogP contribution is -1.93. The summed E-state index contributed by atoms with van der Waals surface area (Å²) >= 11 is 0. The number of hydrogen-bond acceptors (Lipinski definition) is 3. The molecule has 0 atom stereocenters. The van der Waals surface area contributed by atoms with Crippen LogP contribution in [0.3, 0.4) is 0 Å². The summed E-state index contributed by atoms with van der Waals surface area (Å²) in [5, 5.41) is 0. The molecule has 0 unspecified atom stereocenters. The molecule has 2 aromatic rings. The van der Waals surface area contributed by atoms with Crippen molar-refractivity contribution in [2.45, 2.75) is 48.1 Å². The highest BCUT2D eigenvalue weighted by Gasteiger charge is 2.07. The van der Waals surface area contributed by atoms with Crippen LogP contribution in [0.5, 0.6) is 17.2 Å². The predicted molar refractivity (Wildman–Crippen MR) is 102 cm³/mol. The first-order valence-corrected chi connectivity index (χ1v) is 8.55. The molecule has 2 rings (SSSR count). The molecule has 134 valence electrons. The molecular weight excluding hydrogens is 300 g/mol. The lowest BCUT2D eigenvalue weighted by atomic mass is 10.1. The number of benzene rings is 2. The predicted octanol–water partition coefficient (Wildman–Crippen LogP) is 6.30. The number of aryl methyl sites for hydroxylation is 2. The van der Waals surface area contributed by atoms with Crippen LogP contribution in [-0.4, -0.2) is 14.2 Å². The van der Waals surface area contributed by atoms with Gasteiger partial charge in [0.05, 0.1) is 13.7 Å². The van der Waals surface area contributed by atoms with Crippen molar-refractivity contribution in [3.8, 4) is 17.2 Å². The van der Waals surface area contributed by atoms with E-state index < -0.39 is 0 Å². The van der Waals surface area contributed by atoms with Crippen molar-refractivity contribution in [3.63, 3.8) is 0 Å². The molecule has 0 aliphatic rings. The summed E-state index contributed by atoms with van der Waals surface area (Å²) in [5.41, 5.74) is 3.24. The second kappa shape index (κ2) is 12.4. The van der Waals surface area contributed by atoms with Gasteiger partial charge in [-0.05, 0) is 54.8 Å². The van der Waals surface area contributed by atoms with Gasteiger partial charge in [-0.1, -0.05) is 39.8 Å². The van der Waals surface area contributed by atoms with Gasteiger partial charge in [-0.15, -0.1) is 0 Å². The quantitative estimate of drug-likeness (QED) is 0.642. The zero-order chi connectivity index (χ0) is 18.5. The molecule has 0 radical (unpaired) electrons. The first-order valence-electron chi connectivity index (χ1n) is 8.55. The minimum absolute atomic E-state index is 0.612. The molecule has 0 heterocycles. The molecule has 0 saturated heterocycles. The van der Waals surface area contributed by atoms with E-state index in [0.29, 0.717) is 6.61 Å². The van der Waals surface area contributed by atoms with Gasteiger partial charge in [0.2, 0.25) is 0 Å². The zero-order valence-corrected chi connectivity index (χ0v) is 16.4. The van der Waals surface area contributed by atoms with Crippen LogP contribution in [-0.2, 0) is 11.3 Å². The van der Waals surface area contributed by atoms with Gasteiger partial charge < -0.3 is 14.2 Å². The Morgan fingerprint density at radius 1 is 0.750 bits per heavy atom. The van der Waals surface area contributed by atoms with Gasteiger partial charge in [-0.3, -0.25) is 0 Å². The van der Waals surface area contributed by atoms with E-state index in [-0.39, 0.29) is 0 Å². The topological polar surface area (TPSA) is 27.7 Å². The van der Waals surface area contributed by atoms with E-state index in [1.807, 2.05) is 77.9 Å². The van der Waals surface area contributed by atoms with E-state index in [1.54, 1.807) is 14.2 Å². The standard InChI is InChI=1S/C17H20O3.2C2H6/c1-12-10-17(13(2)9-16(12)19-4)20-15-7-5-14(6-8-15)11-18-3;2*1-2/h5-10H,11H2,1-4H3;2*1-2H3. The highest BCUT2D eigenvalue weighted by Crippen LogP contribution is 2.31. The molecule has 0 amide bonds. The van der Waals surface area contributed by atoms with Crippen molar-refractivity contribution in [2.24, 2.45) is 0 Å². The van der Waals surface area contributed by atoms with Crippen molar-refractivity contribution in [1.29, 1.82) is 0 Å². The molecule has 0 spiro atoms. The minimum atomic E-state index is 0.612. The number of ether oxygens (including phenoxy) is 3. The molecule has 0 N–H and O–H groups in total. The average Bonchev–Trinajstić information content (AvgIpc) is 2.63. The molecule has 0 aliphatic heterocycles. The molecule has 24 heavy (non-hydrogen) atoms. The first-order chi connectivity index (χ1) is 11.6. The Morgan fingerprint density at radius 2 is 1.25 bits per heavy atom. The van der Waals surface area contributed by atoms with Gasteiger partial charge in [0.15, 0.2) is 0 Å². The second-order valence-electron chi connectivity index (χ2n) is 4.77. The lowest BCUT2D eigenvalue weighted by molar-refractivity contribution is 0.185. The minimum Gasteiger partial charge on any atom is -0.496 e. The van der Waals surface area contributed by atoms with Crippen LogP contribution in [0.25, 0.3) is 0 Å². The highest BCUT2D eigenvalue weighted by molar-refractivity contribution is 5.47. The first kappa shape index (κ1) is 22.0. The summed E-state index contributed by atoms with van der Waals surface area (Å²) in [5.74, 6) is 2.55. The Labute approximate surface area is 147 Å². The molecule has 0 fully saturated rings. The van der Waals surface area contributed by atoms with E-state index in [1.165, 1.54) is 0 Å². The maximum Gasteiger partial charge on any atom is 0.130 e. The molecule has 2 aromatic carbocycles. The van der Waals surface area contributed by atoms with Gasteiger partial charge in [0, 0.05) is 7.11 Å². The lowest BCUT2D eigenvalue weighted by Gasteiger charge is -2.12. The van der Waals surface area contributed by atoms with Crippen molar-refractivity contribution in [2.75, 3.05) is 14.2 Å². The van der Waals surface area contributed by atoms with E-state index in [9.17, 15) is 0 Å². The molecule has 0 aliphatic carbocycles. The Balaban J connectivity index is 0.00000123. The second-order valence-corrected chi connectivity index (χ2v) is 4.77. The van der Waals surface area contributed by atoms with E-state index in [4.69, 9.17) is 14.2 Å². The van der Waals surface area contributed by atoms with Gasteiger partial charge >= 0.3 is 0 Å². The van der Waals surface area contributed by atoms with Gasteiger partial charge in [-0.25, -0.2) is 0 Å². The largest absolute Gasteiger partial charge is 0.496 e. The Kier molecular flexibility index (Phi) is 11.4. The Bertz CT molecular complexity index is 574. The maximum absolute atomic E-state index is 5.93. The fourth-order valence-electron chi connectivity index (χ4n) is 2.04. The summed E-state index contributed by atoms with van der Waals surface area (Å²) in [6.07, 6.45) is 0. The average molecular weight is 332 g/mol. The van der Waals surface area contributed by atoms with Gasteiger partial charge in [0.1, 0.15) is 17.2 Å². The molecular formula is C21H32O3.